The lowest BCUT2D eigenvalue weighted by molar-refractivity contribution is -0.692. The number of fused-ring (bicyclic) bond motifs is 3. The number of aromatic carboxylic acids is 1. The lowest BCUT2D eigenvalue weighted by atomic mass is 10.1. The summed E-state index contributed by atoms with van der Waals surface area (Å²) in [6.07, 6.45) is 4.25. The summed E-state index contributed by atoms with van der Waals surface area (Å²) in [5.74, 6) is -0.0953. The fourth-order valence-electron chi connectivity index (χ4n) is 3.85. The molecular weight excluding hydrogens is 352 g/mol. The van der Waals surface area contributed by atoms with Gasteiger partial charge in [0.15, 0.2) is 12.4 Å². The van der Waals surface area contributed by atoms with Crippen molar-refractivity contribution in [3.8, 4) is 5.75 Å². The minimum Gasteiger partial charge on any atom is -0.497 e. The summed E-state index contributed by atoms with van der Waals surface area (Å²) < 4.78 is 9.90. The van der Waals surface area contributed by atoms with E-state index in [-0.39, 0.29) is 0 Å². The van der Waals surface area contributed by atoms with Gasteiger partial charge >= 0.3 is 5.97 Å². The SMILES string of the molecule is CC[n+]1ccc2c3c(C)cc(OC)cc3n(Cc3cccc(C(=O)O)c3)c2c1. The van der Waals surface area contributed by atoms with Crippen LogP contribution in [0.1, 0.15) is 28.4 Å². The second-order valence-electron chi connectivity index (χ2n) is 7.00. The van der Waals surface area contributed by atoms with Gasteiger partial charge in [-0.15, -0.1) is 0 Å². The molecule has 0 aliphatic rings. The topological polar surface area (TPSA) is 55.3 Å². The van der Waals surface area contributed by atoms with Crippen LogP contribution in [0.25, 0.3) is 21.8 Å². The smallest absolute Gasteiger partial charge is 0.335 e. The van der Waals surface area contributed by atoms with Crippen LogP contribution >= 0.6 is 0 Å². The Balaban J connectivity index is 1.99. The van der Waals surface area contributed by atoms with Crippen LogP contribution < -0.4 is 9.30 Å². The minimum absolute atomic E-state index is 0.302. The van der Waals surface area contributed by atoms with Crippen LogP contribution in [-0.4, -0.2) is 22.8 Å². The van der Waals surface area contributed by atoms with Crippen molar-refractivity contribution in [3.63, 3.8) is 0 Å². The highest BCUT2D eigenvalue weighted by Crippen LogP contribution is 2.34. The number of nitrogens with zero attached hydrogens (tertiary/aromatic N) is 2. The molecule has 0 radical (unpaired) electrons. The summed E-state index contributed by atoms with van der Waals surface area (Å²) in [6.45, 7) is 5.68. The number of pyridine rings is 1. The number of ether oxygens (including phenoxy) is 1. The van der Waals surface area contributed by atoms with Gasteiger partial charge in [0.2, 0.25) is 0 Å². The van der Waals surface area contributed by atoms with Gasteiger partial charge < -0.3 is 14.4 Å². The van der Waals surface area contributed by atoms with E-state index in [1.54, 1.807) is 25.3 Å². The van der Waals surface area contributed by atoms with E-state index in [1.165, 1.54) is 10.8 Å². The molecule has 0 aliphatic heterocycles. The standard InChI is InChI=1S/C23H22N2O3/c1-4-24-9-8-19-21(14-24)25(13-16-6-5-7-17(11-16)23(26)27)20-12-18(28-3)10-15(2)22(19)20/h5-12,14H,4,13H2,1-3H3/p+1. The molecule has 0 saturated carbocycles. The van der Waals surface area contributed by atoms with Gasteiger partial charge in [-0.1, -0.05) is 12.1 Å². The molecule has 5 nitrogen and oxygen atoms in total. The maximum atomic E-state index is 11.4. The van der Waals surface area contributed by atoms with Crippen LogP contribution in [0.3, 0.4) is 0 Å². The molecule has 28 heavy (non-hydrogen) atoms. The molecule has 2 aromatic carbocycles. The number of aromatic nitrogens is 2. The highest BCUT2D eigenvalue weighted by Gasteiger charge is 2.17. The molecule has 0 fully saturated rings. The average molecular weight is 375 g/mol. The quantitative estimate of drug-likeness (QED) is 0.533. The zero-order valence-electron chi connectivity index (χ0n) is 16.3. The molecule has 2 heterocycles. The molecule has 0 aliphatic carbocycles. The summed E-state index contributed by atoms with van der Waals surface area (Å²) in [4.78, 5) is 11.4. The molecule has 0 spiro atoms. The Labute approximate surface area is 163 Å². The van der Waals surface area contributed by atoms with Crippen LogP contribution in [0.2, 0.25) is 0 Å². The fourth-order valence-corrected chi connectivity index (χ4v) is 3.85. The monoisotopic (exact) mass is 375 g/mol. The van der Waals surface area contributed by atoms with Crippen molar-refractivity contribution in [1.82, 2.24) is 4.57 Å². The lowest BCUT2D eigenvalue weighted by Gasteiger charge is -2.10. The largest absolute Gasteiger partial charge is 0.497 e. The van der Waals surface area contributed by atoms with E-state index in [9.17, 15) is 9.90 Å². The Hall–Kier alpha value is -3.34. The Morgan fingerprint density at radius 2 is 2.00 bits per heavy atom. The molecule has 142 valence electrons. The second kappa shape index (κ2) is 7.00. The normalized spacial score (nSPS) is 11.2. The van der Waals surface area contributed by atoms with Crippen molar-refractivity contribution in [1.29, 1.82) is 0 Å². The van der Waals surface area contributed by atoms with Crippen molar-refractivity contribution < 1.29 is 19.2 Å². The zero-order valence-corrected chi connectivity index (χ0v) is 16.3. The van der Waals surface area contributed by atoms with Crippen molar-refractivity contribution >= 4 is 27.8 Å². The van der Waals surface area contributed by atoms with Gasteiger partial charge in [0.25, 0.3) is 0 Å². The number of hydrogen-bond acceptors (Lipinski definition) is 2. The van der Waals surface area contributed by atoms with E-state index < -0.39 is 5.97 Å². The van der Waals surface area contributed by atoms with Crippen molar-refractivity contribution in [2.45, 2.75) is 26.9 Å². The van der Waals surface area contributed by atoms with Gasteiger partial charge in [-0.05, 0) is 43.2 Å². The van der Waals surface area contributed by atoms with E-state index in [4.69, 9.17) is 4.74 Å². The predicted octanol–water partition coefficient (Wildman–Crippen LogP) is 4.17. The van der Waals surface area contributed by atoms with Crippen molar-refractivity contribution in [3.05, 3.63) is 71.5 Å². The maximum absolute atomic E-state index is 11.4. The molecule has 0 bridgehead atoms. The third-order valence-electron chi connectivity index (χ3n) is 5.25. The molecule has 0 atom stereocenters. The number of carboxylic acids is 1. The first-order valence-electron chi connectivity index (χ1n) is 9.33. The first-order valence-corrected chi connectivity index (χ1v) is 9.33. The van der Waals surface area contributed by atoms with Crippen LogP contribution in [-0.2, 0) is 13.1 Å². The van der Waals surface area contributed by atoms with E-state index in [0.717, 1.165) is 34.5 Å². The molecule has 5 heteroatoms. The first-order chi connectivity index (χ1) is 13.5. The number of carbonyl (C=O) groups is 1. The summed E-state index contributed by atoms with van der Waals surface area (Å²) in [7, 11) is 1.68. The van der Waals surface area contributed by atoms with E-state index in [2.05, 4.69) is 53.6 Å². The van der Waals surface area contributed by atoms with E-state index in [0.29, 0.717) is 12.1 Å². The number of hydrogen-bond donors (Lipinski definition) is 1. The summed E-state index contributed by atoms with van der Waals surface area (Å²) in [5, 5.41) is 11.7. The number of methoxy groups -OCH3 is 1. The summed E-state index contributed by atoms with van der Waals surface area (Å²) in [5.41, 5.74) is 4.62. The lowest BCUT2D eigenvalue weighted by Crippen LogP contribution is -2.31. The third-order valence-corrected chi connectivity index (χ3v) is 5.25. The van der Waals surface area contributed by atoms with Crippen molar-refractivity contribution in [2.75, 3.05) is 7.11 Å². The minimum atomic E-state index is -0.912. The Morgan fingerprint density at radius 3 is 2.71 bits per heavy atom. The second-order valence-corrected chi connectivity index (χ2v) is 7.00. The fraction of sp³-hybridized carbons (Fsp3) is 0.217. The highest BCUT2D eigenvalue weighted by molar-refractivity contribution is 6.09. The first kappa shape index (κ1) is 18.0. The predicted molar refractivity (Wildman–Crippen MR) is 109 cm³/mol. The van der Waals surface area contributed by atoms with Gasteiger partial charge in [0.1, 0.15) is 17.8 Å². The van der Waals surface area contributed by atoms with Crippen LogP contribution in [0.4, 0.5) is 0 Å². The third kappa shape index (κ3) is 2.99. The highest BCUT2D eigenvalue weighted by atomic mass is 16.5. The maximum Gasteiger partial charge on any atom is 0.335 e. The van der Waals surface area contributed by atoms with Crippen molar-refractivity contribution in [2.24, 2.45) is 0 Å². The number of rotatable bonds is 5. The molecule has 4 rings (SSSR count). The van der Waals surface area contributed by atoms with Gasteiger partial charge in [-0.2, -0.15) is 0 Å². The van der Waals surface area contributed by atoms with Gasteiger partial charge in [0.05, 0.1) is 18.2 Å². The summed E-state index contributed by atoms with van der Waals surface area (Å²) >= 11 is 0. The van der Waals surface area contributed by atoms with Crippen LogP contribution in [0, 0.1) is 6.92 Å². The molecule has 4 aromatic rings. The Bertz CT molecular complexity index is 1210. The molecule has 0 saturated heterocycles. The number of benzene rings is 2. The van der Waals surface area contributed by atoms with Gasteiger partial charge in [-0.3, -0.25) is 0 Å². The Morgan fingerprint density at radius 1 is 1.18 bits per heavy atom. The molecule has 0 amide bonds. The average Bonchev–Trinajstić information content (AvgIpc) is 3.01. The molecule has 1 N–H and O–H groups in total. The van der Waals surface area contributed by atoms with E-state index >= 15 is 0 Å². The van der Waals surface area contributed by atoms with Crippen LogP contribution in [0.5, 0.6) is 5.75 Å². The summed E-state index contributed by atoms with van der Waals surface area (Å²) in [6, 6.07) is 13.4. The number of aryl methyl sites for hydroxylation is 2. The van der Waals surface area contributed by atoms with Gasteiger partial charge in [-0.25, -0.2) is 9.36 Å². The van der Waals surface area contributed by atoms with Gasteiger partial charge in [0, 0.05) is 29.4 Å². The number of carboxylic acid groups (broad SMARTS) is 1. The molecule has 2 aromatic heterocycles. The van der Waals surface area contributed by atoms with Crippen LogP contribution in [0.15, 0.2) is 54.9 Å². The Kier molecular flexibility index (Phi) is 4.51. The zero-order chi connectivity index (χ0) is 19.8. The van der Waals surface area contributed by atoms with E-state index in [1.807, 2.05) is 6.07 Å². The molecular formula is C23H23N2O3+. The molecule has 0 unspecified atom stereocenters.